The highest BCUT2D eigenvalue weighted by atomic mass is 35.5. The predicted molar refractivity (Wildman–Crippen MR) is 102 cm³/mol. The van der Waals surface area contributed by atoms with Crippen LogP contribution < -0.4 is 10.6 Å². The number of anilines is 1. The third-order valence-electron chi connectivity index (χ3n) is 3.62. The van der Waals surface area contributed by atoms with Crippen LogP contribution in [0.1, 0.15) is 32.3 Å². The van der Waals surface area contributed by atoms with Gasteiger partial charge in [-0.25, -0.2) is 4.98 Å². The van der Waals surface area contributed by atoms with Crippen LogP contribution in [0.5, 0.6) is 0 Å². The third kappa shape index (κ3) is 5.70. The molecule has 0 saturated heterocycles. The van der Waals surface area contributed by atoms with Crippen LogP contribution in [0.3, 0.4) is 0 Å². The topological polar surface area (TPSA) is 71.1 Å². The Kier molecular flexibility index (Phi) is 6.81. The van der Waals surface area contributed by atoms with Crippen LogP contribution in [0, 0.1) is 0 Å². The minimum absolute atomic E-state index is 0.0959. The molecule has 0 spiro atoms. The van der Waals surface area contributed by atoms with Crippen molar-refractivity contribution in [2.24, 2.45) is 0 Å². The second kappa shape index (κ2) is 8.65. The molecular formula is C17H19Cl2N3O2S. The van der Waals surface area contributed by atoms with Crippen LogP contribution in [0.4, 0.5) is 5.13 Å². The quantitative estimate of drug-likeness (QED) is 0.730. The molecule has 25 heavy (non-hydrogen) atoms. The lowest BCUT2D eigenvalue weighted by Gasteiger charge is -2.27. The molecule has 0 atom stereocenters. The Bertz CT molecular complexity index is 728. The van der Waals surface area contributed by atoms with Crippen molar-refractivity contribution in [2.45, 2.75) is 32.1 Å². The highest BCUT2D eigenvalue weighted by molar-refractivity contribution is 7.13. The first kappa shape index (κ1) is 19.7. The number of hydrogen-bond donors (Lipinski definition) is 2. The fourth-order valence-corrected chi connectivity index (χ4v) is 3.79. The molecule has 8 heteroatoms. The number of amides is 2. The van der Waals surface area contributed by atoms with Gasteiger partial charge in [0.15, 0.2) is 5.13 Å². The van der Waals surface area contributed by atoms with Crippen molar-refractivity contribution in [3.63, 3.8) is 0 Å². The Hall–Kier alpha value is -1.63. The van der Waals surface area contributed by atoms with Gasteiger partial charge in [-0.15, -0.1) is 11.3 Å². The van der Waals surface area contributed by atoms with Crippen LogP contribution in [-0.2, 0) is 15.0 Å². The third-order valence-corrected chi connectivity index (χ3v) is 4.94. The zero-order valence-corrected chi connectivity index (χ0v) is 16.3. The van der Waals surface area contributed by atoms with Gasteiger partial charge in [0, 0.05) is 46.4 Å². The number of hydrogen-bond acceptors (Lipinski definition) is 4. The van der Waals surface area contributed by atoms with Crippen LogP contribution >= 0.6 is 34.5 Å². The molecule has 0 aliphatic carbocycles. The first-order chi connectivity index (χ1) is 11.8. The monoisotopic (exact) mass is 399 g/mol. The maximum absolute atomic E-state index is 12.0. The fourth-order valence-electron chi connectivity index (χ4n) is 2.33. The maximum atomic E-state index is 12.0. The SMILES string of the molecule is CC(C)(CNC(=O)CCC(=O)Nc1nccs1)c1c(Cl)cccc1Cl. The molecule has 1 aromatic carbocycles. The Morgan fingerprint density at radius 3 is 2.40 bits per heavy atom. The lowest BCUT2D eigenvalue weighted by Crippen LogP contribution is -2.37. The second-order valence-corrected chi connectivity index (χ2v) is 7.85. The summed E-state index contributed by atoms with van der Waals surface area (Å²) in [6.45, 7) is 4.27. The van der Waals surface area contributed by atoms with Crippen molar-refractivity contribution in [3.8, 4) is 0 Å². The van der Waals surface area contributed by atoms with E-state index in [1.54, 1.807) is 29.8 Å². The van der Waals surface area contributed by atoms with Gasteiger partial charge in [-0.1, -0.05) is 43.1 Å². The predicted octanol–water partition coefficient (Wildman–Crippen LogP) is 4.26. The Labute approximate surface area is 160 Å². The molecule has 0 saturated carbocycles. The van der Waals surface area contributed by atoms with Crippen molar-refractivity contribution in [2.75, 3.05) is 11.9 Å². The number of carbonyl (C=O) groups excluding carboxylic acids is 2. The minimum Gasteiger partial charge on any atom is -0.355 e. The molecule has 0 radical (unpaired) electrons. The van der Waals surface area contributed by atoms with Crippen LogP contribution in [-0.4, -0.2) is 23.3 Å². The largest absolute Gasteiger partial charge is 0.355 e. The maximum Gasteiger partial charge on any atom is 0.226 e. The van der Waals surface area contributed by atoms with E-state index in [-0.39, 0.29) is 24.7 Å². The number of carbonyl (C=O) groups is 2. The van der Waals surface area contributed by atoms with Gasteiger partial charge >= 0.3 is 0 Å². The van der Waals surface area contributed by atoms with Crippen molar-refractivity contribution in [1.29, 1.82) is 0 Å². The number of nitrogens with zero attached hydrogens (tertiary/aromatic N) is 1. The van der Waals surface area contributed by atoms with E-state index in [0.29, 0.717) is 21.7 Å². The molecule has 134 valence electrons. The van der Waals surface area contributed by atoms with Gasteiger partial charge in [0.25, 0.3) is 0 Å². The summed E-state index contributed by atoms with van der Waals surface area (Å²) < 4.78 is 0. The van der Waals surface area contributed by atoms with E-state index in [0.717, 1.165) is 5.56 Å². The number of thiazole rings is 1. The first-order valence-corrected chi connectivity index (χ1v) is 9.33. The number of benzene rings is 1. The van der Waals surface area contributed by atoms with Gasteiger partial charge in [0.05, 0.1) is 0 Å². The fraction of sp³-hybridized carbons (Fsp3) is 0.353. The van der Waals surface area contributed by atoms with Crippen LogP contribution in [0.25, 0.3) is 0 Å². The van der Waals surface area contributed by atoms with Crippen LogP contribution in [0.15, 0.2) is 29.8 Å². The van der Waals surface area contributed by atoms with E-state index in [9.17, 15) is 9.59 Å². The molecule has 2 amide bonds. The summed E-state index contributed by atoms with van der Waals surface area (Å²) >= 11 is 13.8. The van der Waals surface area contributed by atoms with Gasteiger partial charge in [0.2, 0.25) is 11.8 Å². The second-order valence-electron chi connectivity index (χ2n) is 6.14. The van der Waals surface area contributed by atoms with Crippen molar-refractivity contribution >= 4 is 51.5 Å². The molecule has 0 aliphatic rings. The van der Waals surface area contributed by atoms with Gasteiger partial charge in [-0.2, -0.15) is 0 Å². The molecule has 0 bridgehead atoms. The minimum atomic E-state index is -0.436. The molecule has 2 N–H and O–H groups in total. The number of nitrogens with one attached hydrogen (secondary N) is 2. The summed E-state index contributed by atoms with van der Waals surface area (Å²) in [7, 11) is 0. The lowest BCUT2D eigenvalue weighted by molar-refractivity contribution is -0.124. The van der Waals surface area contributed by atoms with Gasteiger partial charge in [0.1, 0.15) is 0 Å². The molecule has 5 nitrogen and oxygen atoms in total. The van der Waals surface area contributed by atoms with Gasteiger partial charge < -0.3 is 10.6 Å². The number of aromatic nitrogens is 1. The highest BCUT2D eigenvalue weighted by Gasteiger charge is 2.26. The standard InChI is InChI=1S/C17H19Cl2N3O2S/c1-17(2,15-11(18)4-3-5-12(15)19)10-21-13(23)6-7-14(24)22-16-20-8-9-25-16/h3-5,8-9H,6-7,10H2,1-2H3,(H,21,23)(H,20,22,24). The molecular weight excluding hydrogens is 381 g/mol. The van der Waals surface area contributed by atoms with E-state index >= 15 is 0 Å². The lowest BCUT2D eigenvalue weighted by atomic mass is 9.84. The van der Waals surface area contributed by atoms with E-state index in [1.165, 1.54) is 11.3 Å². The smallest absolute Gasteiger partial charge is 0.226 e. The average molecular weight is 400 g/mol. The molecule has 1 heterocycles. The summed E-state index contributed by atoms with van der Waals surface area (Å²) in [6.07, 6.45) is 1.80. The summed E-state index contributed by atoms with van der Waals surface area (Å²) in [5.41, 5.74) is 0.356. The van der Waals surface area contributed by atoms with E-state index in [4.69, 9.17) is 23.2 Å². The summed E-state index contributed by atoms with van der Waals surface area (Å²) in [5, 5.41) is 8.91. The zero-order chi connectivity index (χ0) is 18.4. The molecule has 0 unspecified atom stereocenters. The van der Waals surface area contributed by atoms with Gasteiger partial charge in [-0.3, -0.25) is 9.59 Å². The van der Waals surface area contributed by atoms with E-state index < -0.39 is 5.41 Å². The van der Waals surface area contributed by atoms with Crippen molar-refractivity contribution in [1.82, 2.24) is 10.3 Å². The van der Waals surface area contributed by atoms with Crippen molar-refractivity contribution < 1.29 is 9.59 Å². The number of halogens is 2. The molecule has 1 aromatic heterocycles. The summed E-state index contributed by atoms with van der Waals surface area (Å²) in [6, 6.07) is 5.33. The van der Waals surface area contributed by atoms with Gasteiger partial charge in [-0.05, 0) is 17.7 Å². The zero-order valence-electron chi connectivity index (χ0n) is 13.9. The molecule has 2 rings (SSSR count). The normalized spacial score (nSPS) is 11.2. The summed E-state index contributed by atoms with van der Waals surface area (Å²) in [4.78, 5) is 27.8. The van der Waals surface area contributed by atoms with Crippen LogP contribution in [0.2, 0.25) is 10.0 Å². The van der Waals surface area contributed by atoms with E-state index in [1.807, 2.05) is 13.8 Å². The Balaban J connectivity index is 1.83. The first-order valence-electron chi connectivity index (χ1n) is 7.70. The van der Waals surface area contributed by atoms with E-state index in [2.05, 4.69) is 15.6 Å². The Morgan fingerprint density at radius 1 is 1.16 bits per heavy atom. The Morgan fingerprint density at radius 2 is 1.80 bits per heavy atom. The number of rotatable bonds is 7. The van der Waals surface area contributed by atoms with Crippen molar-refractivity contribution in [3.05, 3.63) is 45.4 Å². The molecule has 0 fully saturated rings. The highest BCUT2D eigenvalue weighted by Crippen LogP contribution is 2.35. The average Bonchev–Trinajstić information content (AvgIpc) is 3.03. The molecule has 2 aromatic rings. The summed E-state index contributed by atoms with van der Waals surface area (Å²) in [5.74, 6) is -0.441. The molecule has 0 aliphatic heterocycles.